The summed E-state index contributed by atoms with van der Waals surface area (Å²) in [5.74, 6) is 0.621. The molecule has 0 amide bonds. The summed E-state index contributed by atoms with van der Waals surface area (Å²) >= 11 is 0. The summed E-state index contributed by atoms with van der Waals surface area (Å²) in [6.45, 7) is 3.87. The van der Waals surface area contributed by atoms with E-state index in [1.54, 1.807) is 6.08 Å². The van der Waals surface area contributed by atoms with Crippen LogP contribution >= 0.6 is 0 Å². The van der Waals surface area contributed by atoms with Crippen LogP contribution in [0.15, 0.2) is 36.5 Å². The molecule has 0 aromatic rings. The lowest BCUT2D eigenvalue weighted by Crippen LogP contribution is -2.33. The predicted molar refractivity (Wildman–Crippen MR) is 111 cm³/mol. The van der Waals surface area contributed by atoms with E-state index >= 15 is 0 Å². The molecule has 0 radical (unpaired) electrons. The molecule has 3 aliphatic rings. The van der Waals surface area contributed by atoms with Crippen molar-refractivity contribution in [3.05, 3.63) is 36.5 Å². The van der Waals surface area contributed by atoms with E-state index < -0.39 is 11.6 Å². The van der Waals surface area contributed by atoms with Crippen molar-refractivity contribution in [2.45, 2.75) is 82.3 Å². The molecule has 0 heterocycles. The summed E-state index contributed by atoms with van der Waals surface area (Å²) in [5.41, 5.74) is 0.610. The van der Waals surface area contributed by atoms with E-state index in [4.69, 9.17) is 5.11 Å². The van der Waals surface area contributed by atoms with Crippen LogP contribution < -0.4 is 0 Å². The standard InChI is InChI=1S/C24H36O4/c1-2-24(28,19-9-4-5-10-19)13-7-11-20-21-15-17(8-3-6-12-23(26)27)14-18(21)16-22(20)25/h2,7,11,14,18-22,25,28H,1,3-6,8-10,12-13,15-16H2,(H,26,27)/t18-,20-,21-,22+,24?/m0/s1. The molecule has 0 aliphatic heterocycles. The van der Waals surface area contributed by atoms with Crippen LogP contribution in [0.2, 0.25) is 0 Å². The number of aliphatic carboxylic acids is 1. The molecule has 4 heteroatoms. The lowest BCUT2D eigenvalue weighted by Gasteiger charge is -2.30. The molecule has 156 valence electrons. The predicted octanol–water partition coefficient (Wildman–Crippen LogP) is 4.63. The number of aliphatic hydroxyl groups is 2. The number of hydrogen-bond donors (Lipinski definition) is 3. The Kier molecular flexibility index (Phi) is 7.16. The molecule has 0 aromatic carbocycles. The molecule has 1 unspecified atom stereocenters. The normalized spacial score (nSPS) is 32.4. The van der Waals surface area contributed by atoms with E-state index in [9.17, 15) is 15.0 Å². The number of carboxylic acid groups (broad SMARTS) is 1. The maximum absolute atomic E-state index is 11.0. The van der Waals surface area contributed by atoms with Crippen LogP contribution in [0, 0.1) is 23.7 Å². The highest BCUT2D eigenvalue weighted by atomic mass is 16.4. The van der Waals surface area contributed by atoms with Gasteiger partial charge < -0.3 is 15.3 Å². The van der Waals surface area contributed by atoms with Gasteiger partial charge >= 0.3 is 5.97 Å². The second-order valence-electron chi connectivity index (χ2n) is 9.15. The fraction of sp³-hybridized carbons (Fsp3) is 0.708. The van der Waals surface area contributed by atoms with Crippen LogP contribution in [-0.4, -0.2) is 33.0 Å². The summed E-state index contributed by atoms with van der Waals surface area (Å²) in [7, 11) is 0. The molecule has 3 aliphatic carbocycles. The lowest BCUT2D eigenvalue weighted by molar-refractivity contribution is -0.137. The van der Waals surface area contributed by atoms with Crippen LogP contribution in [0.1, 0.15) is 70.6 Å². The number of carboxylic acids is 1. The number of rotatable bonds is 10. The van der Waals surface area contributed by atoms with Gasteiger partial charge in [0, 0.05) is 12.3 Å². The SMILES string of the molecule is C=CC(O)(CC=C[C@H]1[C@H]2CC(CCCCC(=O)O)=C[C@H]2C[C@H]1O)C1CCCC1. The fourth-order valence-electron chi connectivity index (χ4n) is 5.68. The first-order valence-corrected chi connectivity index (χ1v) is 11.0. The Bertz CT molecular complexity index is 616. The first-order valence-electron chi connectivity index (χ1n) is 11.0. The van der Waals surface area contributed by atoms with Gasteiger partial charge in [0.25, 0.3) is 0 Å². The zero-order valence-corrected chi connectivity index (χ0v) is 16.9. The van der Waals surface area contributed by atoms with E-state index in [0.29, 0.717) is 24.2 Å². The van der Waals surface area contributed by atoms with Crippen LogP contribution in [0.3, 0.4) is 0 Å². The van der Waals surface area contributed by atoms with Crippen molar-refractivity contribution in [1.29, 1.82) is 0 Å². The molecule has 2 fully saturated rings. The van der Waals surface area contributed by atoms with E-state index in [0.717, 1.165) is 44.9 Å². The van der Waals surface area contributed by atoms with E-state index in [1.165, 1.54) is 18.4 Å². The van der Waals surface area contributed by atoms with Crippen molar-refractivity contribution in [3.63, 3.8) is 0 Å². The summed E-state index contributed by atoms with van der Waals surface area (Å²) < 4.78 is 0. The Morgan fingerprint density at radius 2 is 2.04 bits per heavy atom. The second-order valence-corrected chi connectivity index (χ2v) is 9.15. The van der Waals surface area contributed by atoms with Gasteiger partial charge in [-0.25, -0.2) is 0 Å². The van der Waals surface area contributed by atoms with Crippen molar-refractivity contribution in [1.82, 2.24) is 0 Å². The molecule has 0 saturated heterocycles. The number of hydrogen-bond acceptors (Lipinski definition) is 3. The second kappa shape index (κ2) is 9.41. The smallest absolute Gasteiger partial charge is 0.303 e. The molecule has 0 bridgehead atoms. The van der Waals surface area contributed by atoms with Gasteiger partial charge in [0.05, 0.1) is 11.7 Å². The van der Waals surface area contributed by atoms with Crippen molar-refractivity contribution < 1.29 is 20.1 Å². The molecule has 0 spiro atoms. The maximum atomic E-state index is 11.0. The molecule has 0 aromatic heterocycles. The highest BCUT2D eigenvalue weighted by molar-refractivity contribution is 5.66. The van der Waals surface area contributed by atoms with Crippen molar-refractivity contribution >= 4 is 5.97 Å². The van der Waals surface area contributed by atoms with Gasteiger partial charge in [-0.15, -0.1) is 6.58 Å². The van der Waals surface area contributed by atoms with Crippen LogP contribution in [0.4, 0.5) is 0 Å². The van der Waals surface area contributed by atoms with Gasteiger partial charge in [0.1, 0.15) is 0 Å². The highest BCUT2D eigenvalue weighted by Gasteiger charge is 2.43. The third-order valence-electron chi connectivity index (χ3n) is 7.31. The third kappa shape index (κ3) is 4.96. The summed E-state index contributed by atoms with van der Waals surface area (Å²) in [4.78, 5) is 10.6. The molecular weight excluding hydrogens is 352 g/mol. The largest absolute Gasteiger partial charge is 0.481 e. The molecule has 4 nitrogen and oxygen atoms in total. The van der Waals surface area contributed by atoms with Gasteiger partial charge in [-0.05, 0) is 69.1 Å². The van der Waals surface area contributed by atoms with Crippen LogP contribution in [0.5, 0.6) is 0 Å². The summed E-state index contributed by atoms with van der Waals surface area (Å²) in [6, 6.07) is 0. The average molecular weight is 389 g/mol. The molecule has 2 saturated carbocycles. The van der Waals surface area contributed by atoms with Crippen LogP contribution in [-0.2, 0) is 4.79 Å². The fourth-order valence-corrected chi connectivity index (χ4v) is 5.68. The maximum Gasteiger partial charge on any atom is 0.303 e. The Morgan fingerprint density at radius 1 is 1.29 bits per heavy atom. The van der Waals surface area contributed by atoms with E-state index in [2.05, 4.69) is 24.8 Å². The monoisotopic (exact) mass is 388 g/mol. The number of aliphatic hydroxyl groups excluding tert-OH is 1. The van der Waals surface area contributed by atoms with Crippen molar-refractivity contribution in [2.75, 3.05) is 0 Å². The molecule has 3 N–H and O–H groups in total. The van der Waals surface area contributed by atoms with E-state index in [1.807, 2.05) is 0 Å². The summed E-state index contributed by atoms with van der Waals surface area (Å²) in [6.07, 6.45) is 17.8. The first kappa shape index (κ1) is 21.3. The molecular formula is C24H36O4. The zero-order valence-electron chi connectivity index (χ0n) is 16.9. The average Bonchev–Trinajstić information content (AvgIpc) is 3.37. The Balaban J connectivity index is 1.52. The minimum absolute atomic E-state index is 0.149. The molecule has 3 rings (SSSR count). The minimum Gasteiger partial charge on any atom is -0.481 e. The van der Waals surface area contributed by atoms with Gasteiger partial charge in [-0.3, -0.25) is 4.79 Å². The topological polar surface area (TPSA) is 77.8 Å². The van der Waals surface area contributed by atoms with Crippen molar-refractivity contribution in [2.24, 2.45) is 23.7 Å². The zero-order chi connectivity index (χ0) is 20.1. The van der Waals surface area contributed by atoms with Crippen molar-refractivity contribution in [3.8, 4) is 0 Å². The number of unbranched alkanes of at least 4 members (excludes halogenated alkanes) is 1. The minimum atomic E-state index is -0.820. The molecule has 28 heavy (non-hydrogen) atoms. The van der Waals surface area contributed by atoms with Gasteiger partial charge in [0.15, 0.2) is 0 Å². The quantitative estimate of drug-likeness (QED) is 0.377. The number of carbonyl (C=O) groups is 1. The number of fused-ring (bicyclic) bond motifs is 1. The van der Waals surface area contributed by atoms with Gasteiger partial charge in [0.2, 0.25) is 0 Å². The lowest BCUT2D eigenvalue weighted by atomic mass is 9.82. The first-order chi connectivity index (χ1) is 13.4. The van der Waals surface area contributed by atoms with Crippen LogP contribution in [0.25, 0.3) is 0 Å². The van der Waals surface area contributed by atoms with Gasteiger partial charge in [-0.1, -0.05) is 42.7 Å². The number of allylic oxidation sites excluding steroid dienone is 2. The Labute approximate surface area is 169 Å². The summed E-state index contributed by atoms with van der Waals surface area (Å²) in [5, 5.41) is 30.2. The Hall–Kier alpha value is -1.39. The highest BCUT2D eigenvalue weighted by Crippen LogP contribution is 2.48. The Morgan fingerprint density at radius 3 is 2.71 bits per heavy atom. The van der Waals surface area contributed by atoms with E-state index in [-0.39, 0.29) is 18.4 Å². The van der Waals surface area contributed by atoms with Gasteiger partial charge in [-0.2, -0.15) is 0 Å². The third-order valence-corrected chi connectivity index (χ3v) is 7.31. The molecule has 5 atom stereocenters.